The van der Waals surface area contributed by atoms with E-state index in [1.54, 1.807) is 14.0 Å². The molecule has 27 heavy (non-hydrogen) atoms. The number of fused-ring (bicyclic) bond motifs is 1. The number of hydrogen-bond donors (Lipinski definition) is 1. The molecule has 1 aromatic carbocycles. The van der Waals surface area contributed by atoms with E-state index in [0.29, 0.717) is 39.0 Å². The van der Waals surface area contributed by atoms with Crippen LogP contribution in [0.5, 0.6) is 0 Å². The number of rotatable bonds is 6. The van der Waals surface area contributed by atoms with E-state index in [4.69, 9.17) is 9.47 Å². The fraction of sp³-hybridized carbons (Fsp3) is 0.350. The summed E-state index contributed by atoms with van der Waals surface area (Å²) >= 11 is 1.21. The molecule has 0 spiro atoms. The Bertz CT molecular complexity index is 1040. The summed E-state index contributed by atoms with van der Waals surface area (Å²) < 4.78 is 10.1. The fourth-order valence-corrected chi connectivity index (χ4v) is 4.46. The van der Waals surface area contributed by atoms with Gasteiger partial charge in [0.2, 0.25) is 0 Å². The summed E-state index contributed by atoms with van der Waals surface area (Å²) in [6, 6.07) is 10.2. The minimum absolute atomic E-state index is 0.179. The van der Waals surface area contributed by atoms with Crippen LogP contribution in [0.3, 0.4) is 0 Å². The van der Waals surface area contributed by atoms with Crippen molar-refractivity contribution in [3.63, 3.8) is 0 Å². The van der Waals surface area contributed by atoms with Gasteiger partial charge in [-0.25, -0.2) is 9.78 Å². The summed E-state index contributed by atoms with van der Waals surface area (Å²) in [5.41, 5.74) is 1.68. The van der Waals surface area contributed by atoms with Crippen molar-refractivity contribution in [3.8, 4) is 0 Å². The molecular formula is C20H20N2O4S. The molecule has 140 valence electrons. The molecule has 4 rings (SSSR count). The van der Waals surface area contributed by atoms with E-state index in [-0.39, 0.29) is 18.1 Å². The maximum atomic E-state index is 12.6. The van der Waals surface area contributed by atoms with Crippen molar-refractivity contribution >= 4 is 27.5 Å². The first-order chi connectivity index (χ1) is 13.1. The number of H-pyrrole nitrogens is 1. The van der Waals surface area contributed by atoms with E-state index >= 15 is 0 Å². The second-order valence-electron chi connectivity index (χ2n) is 6.68. The van der Waals surface area contributed by atoms with Gasteiger partial charge >= 0.3 is 5.97 Å². The Morgan fingerprint density at radius 3 is 2.78 bits per heavy atom. The second kappa shape index (κ2) is 7.25. The summed E-state index contributed by atoms with van der Waals surface area (Å²) in [6.07, 6.45) is 0.967. The van der Waals surface area contributed by atoms with Crippen LogP contribution in [0.15, 0.2) is 35.1 Å². The molecule has 0 unspecified atom stereocenters. The smallest absolute Gasteiger partial charge is 0.348 e. The van der Waals surface area contributed by atoms with Crippen molar-refractivity contribution in [2.75, 3.05) is 20.3 Å². The Balaban J connectivity index is 1.63. The number of aromatic amines is 1. The molecule has 0 saturated heterocycles. The number of methoxy groups -OCH3 is 1. The topological polar surface area (TPSA) is 81.3 Å². The average molecular weight is 384 g/mol. The molecule has 1 aliphatic rings. The van der Waals surface area contributed by atoms with Gasteiger partial charge in [-0.3, -0.25) is 4.79 Å². The highest BCUT2D eigenvalue weighted by atomic mass is 32.1. The SMILES string of the molecule is COCCOC(=O)c1sc2nc([C@@H]3C[C@H]3c3ccccc3)[nH]c(=O)c2c1C. The number of aryl methyl sites for hydroxylation is 1. The first-order valence-corrected chi connectivity index (χ1v) is 9.66. The minimum atomic E-state index is -0.443. The number of aromatic nitrogens is 2. The van der Waals surface area contributed by atoms with Crippen LogP contribution in [0.4, 0.5) is 0 Å². The molecule has 0 aliphatic heterocycles. The number of benzene rings is 1. The molecule has 2 atom stereocenters. The molecule has 0 bridgehead atoms. The van der Waals surface area contributed by atoms with Gasteiger partial charge in [-0.05, 0) is 30.4 Å². The van der Waals surface area contributed by atoms with Crippen LogP contribution >= 0.6 is 11.3 Å². The summed E-state index contributed by atoms with van der Waals surface area (Å²) in [7, 11) is 1.55. The van der Waals surface area contributed by atoms with Gasteiger partial charge in [0.05, 0.1) is 12.0 Å². The molecule has 1 aliphatic carbocycles. The number of ether oxygens (including phenoxy) is 2. The predicted molar refractivity (Wildman–Crippen MR) is 104 cm³/mol. The molecule has 1 saturated carbocycles. The molecule has 0 amide bonds. The van der Waals surface area contributed by atoms with Crippen LogP contribution in [0, 0.1) is 6.92 Å². The maximum absolute atomic E-state index is 12.6. The van der Waals surface area contributed by atoms with Crippen molar-refractivity contribution in [1.82, 2.24) is 9.97 Å². The Kier molecular flexibility index (Phi) is 4.80. The Labute approximate surface area is 160 Å². The summed E-state index contributed by atoms with van der Waals surface area (Å²) in [5, 5.41) is 0.472. The van der Waals surface area contributed by atoms with Crippen LogP contribution in [0.2, 0.25) is 0 Å². The van der Waals surface area contributed by atoms with Gasteiger partial charge in [-0.1, -0.05) is 30.3 Å². The zero-order valence-corrected chi connectivity index (χ0v) is 16.0. The Morgan fingerprint density at radius 2 is 2.04 bits per heavy atom. The van der Waals surface area contributed by atoms with Crippen LogP contribution in [0.1, 0.15) is 44.9 Å². The lowest BCUT2D eigenvalue weighted by Crippen LogP contribution is -2.12. The van der Waals surface area contributed by atoms with E-state index in [1.165, 1.54) is 16.9 Å². The average Bonchev–Trinajstić information content (AvgIpc) is 3.40. The molecule has 6 nitrogen and oxygen atoms in total. The number of carbonyl (C=O) groups excluding carboxylic acids is 1. The summed E-state index contributed by atoms with van der Waals surface area (Å²) in [6.45, 7) is 2.27. The largest absolute Gasteiger partial charge is 0.459 e. The molecule has 0 radical (unpaired) electrons. The third kappa shape index (κ3) is 3.40. The second-order valence-corrected chi connectivity index (χ2v) is 7.67. The van der Waals surface area contributed by atoms with Crippen molar-refractivity contribution < 1.29 is 14.3 Å². The van der Waals surface area contributed by atoms with Gasteiger partial charge in [0, 0.05) is 13.0 Å². The Hall–Kier alpha value is -2.51. The lowest BCUT2D eigenvalue weighted by Gasteiger charge is -2.02. The van der Waals surface area contributed by atoms with Crippen molar-refractivity contribution in [1.29, 1.82) is 0 Å². The maximum Gasteiger partial charge on any atom is 0.348 e. The van der Waals surface area contributed by atoms with Gasteiger partial charge in [0.15, 0.2) is 0 Å². The van der Waals surface area contributed by atoms with Crippen LogP contribution in [-0.4, -0.2) is 36.3 Å². The van der Waals surface area contributed by atoms with Crippen molar-refractivity contribution in [2.45, 2.75) is 25.2 Å². The lowest BCUT2D eigenvalue weighted by atomic mass is 10.1. The standard InChI is InChI=1S/C20H20N2O4S/c1-11-15-18(23)21-17(14-10-13(14)12-6-4-3-5-7-12)22-19(15)27-16(11)20(24)26-9-8-25-2/h3-7,13-14H,8-10H2,1-2H3,(H,21,22,23)/t13-,14+/m0/s1. The third-order valence-electron chi connectivity index (χ3n) is 4.89. The van der Waals surface area contributed by atoms with Crippen LogP contribution in [-0.2, 0) is 9.47 Å². The zero-order chi connectivity index (χ0) is 19.0. The van der Waals surface area contributed by atoms with Crippen LogP contribution < -0.4 is 5.56 Å². The van der Waals surface area contributed by atoms with Gasteiger partial charge in [-0.2, -0.15) is 0 Å². The summed E-state index contributed by atoms with van der Waals surface area (Å²) in [5.74, 6) is 0.847. The van der Waals surface area contributed by atoms with E-state index in [9.17, 15) is 9.59 Å². The number of nitrogens with one attached hydrogen (secondary N) is 1. The van der Waals surface area contributed by atoms with Gasteiger partial charge < -0.3 is 14.5 Å². The van der Waals surface area contributed by atoms with E-state index in [0.717, 1.165) is 6.42 Å². The minimum Gasteiger partial charge on any atom is -0.459 e. The quantitative estimate of drug-likeness (QED) is 0.521. The van der Waals surface area contributed by atoms with E-state index < -0.39 is 5.97 Å². The third-order valence-corrected chi connectivity index (χ3v) is 6.06. The first-order valence-electron chi connectivity index (χ1n) is 8.84. The summed E-state index contributed by atoms with van der Waals surface area (Å²) in [4.78, 5) is 33.5. The lowest BCUT2D eigenvalue weighted by molar-refractivity contribution is 0.0393. The highest BCUT2D eigenvalue weighted by Crippen LogP contribution is 2.53. The van der Waals surface area contributed by atoms with Gasteiger partial charge in [-0.15, -0.1) is 11.3 Å². The van der Waals surface area contributed by atoms with Crippen LogP contribution in [0.25, 0.3) is 10.2 Å². The monoisotopic (exact) mass is 384 g/mol. The first kappa shape index (κ1) is 17.9. The normalized spacial score (nSPS) is 18.6. The van der Waals surface area contributed by atoms with Gasteiger partial charge in [0.1, 0.15) is 22.1 Å². The molecule has 1 N–H and O–H groups in total. The molecule has 3 aromatic rings. The molecule has 7 heteroatoms. The molecular weight excluding hydrogens is 364 g/mol. The predicted octanol–water partition coefficient (Wildman–Crippen LogP) is 3.37. The highest BCUT2D eigenvalue weighted by molar-refractivity contribution is 7.20. The van der Waals surface area contributed by atoms with Crippen molar-refractivity contribution in [3.05, 3.63) is 62.5 Å². The van der Waals surface area contributed by atoms with Crippen molar-refractivity contribution in [2.24, 2.45) is 0 Å². The number of carbonyl (C=O) groups is 1. The van der Waals surface area contributed by atoms with E-state index in [1.807, 2.05) is 18.2 Å². The Morgan fingerprint density at radius 1 is 1.26 bits per heavy atom. The van der Waals surface area contributed by atoms with E-state index in [2.05, 4.69) is 22.1 Å². The zero-order valence-electron chi connectivity index (χ0n) is 15.2. The highest BCUT2D eigenvalue weighted by Gasteiger charge is 2.41. The molecule has 1 fully saturated rings. The molecule has 2 aromatic heterocycles. The fourth-order valence-electron chi connectivity index (χ4n) is 3.38. The number of nitrogens with zero attached hydrogens (tertiary/aromatic N) is 1. The number of hydrogen-bond acceptors (Lipinski definition) is 6. The number of esters is 1. The molecule has 2 heterocycles. The number of thiophene rings is 1. The van der Waals surface area contributed by atoms with Gasteiger partial charge in [0.25, 0.3) is 5.56 Å².